The number of sulfone groups is 1. The Balaban J connectivity index is 1.51. The Morgan fingerprint density at radius 1 is 1.15 bits per heavy atom. The number of thioether (sulfide) groups is 1. The summed E-state index contributed by atoms with van der Waals surface area (Å²) in [6, 6.07) is 12.1. The minimum absolute atomic E-state index is 0.0464. The molecule has 3 fully saturated rings. The minimum Gasteiger partial charge on any atom is -0.357 e. The Kier molecular flexibility index (Phi) is 8.73. The molecule has 0 N–H and O–H groups in total. The number of hydrogen-bond donors (Lipinski definition) is 0. The second kappa shape index (κ2) is 12.1. The lowest BCUT2D eigenvalue weighted by Crippen LogP contribution is -2.40. The van der Waals surface area contributed by atoms with E-state index in [1.165, 1.54) is 10.5 Å². The van der Waals surface area contributed by atoms with Gasteiger partial charge in [-0.05, 0) is 62.1 Å². The molecule has 1 unspecified atom stereocenters. The van der Waals surface area contributed by atoms with Gasteiger partial charge >= 0.3 is 0 Å². The quantitative estimate of drug-likeness (QED) is 0.338. The number of rotatable bonds is 7. The van der Waals surface area contributed by atoms with E-state index in [0.29, 0.717) is 45.7 Å². The number of nitrogens with zero attached hydrogens (tertiary/aromatic N) is 4. The number of piperidine rings is 1. The molecular formula is C30H34N4O4S3. The number of hydrogen-bond acceptors (Lipinski definition) is 8. The number of pyridine rings is 1. The highest BCUT2D eigenvalue weighted by atomic mass is 32.2. The summed E-state index contributed by atoms with van der Waals surface area (Å²) in [5.74, 6) is 0.905. The van der Waals surface area contributed by atoms with E-state index < -0.39 is 15.9 Å². The van der Waals surface area contributed by atoms with Gasteiger partial charge in [0.05, 0.1) is 22.5 Å². The van der Waals surface area contributed by atoms with Crippen molar-refractivity contribution in [2.45, 2.75) is 58.5 Å². The molecule has 5 rings (SSSR count). The first kappa shape index (κ1) is 29.5. The van der Waals surface area contributed by atoms with Crippen molar-refractivity contribution in [3.63, 3.8) is 0 Å². The van der Waals surface area contributed by atoms with Crippen molar-refractivity contribution < 1.29 is 13.2 Å². The van der Waals surface area contributed by atoms with Crippen molar-refractivity contribution in [1.82, 2.24) is 9.47 Å². The van der Waals surface area contributed by atoms with E-state index in [0.717, 1.165) is 49.9 Å². The van der Waals surface area contributed by atoms with Crippen LogP contribution in [0.25, 0.3) is 6.08 Å². The number of nitriles is 1. The Morgan fingerprint density at radius 3 is 2.46 bits per heavy atom. The van der Waals surface area contributed by atoms with Gasteiger partial charge in [-0.1, -0.05) is 61.2 Å². The summed E-state index contributed by atoms with van der Waals surface area (Å²) in [6.45, 7) is 5.73. The summed E-state index contributed by atoms with van der Waals surface area (Å²) >= 11 is 6.68. The number of aromatic nitrogens is 1. The number of carbonyl (C=O) groups excluding carboxylic acids is 1. The summed E-state index contributed by atoms with van der Waals surface area (Å²) in [7, 11) is -3.20. The monoisotopic (exact) mass is 610 g/mol. The third-order valence-electron chi connectivity index (χ3n) is 8.25. The molecular weight excluding hydrogens is 577 g/mol. The number of amides is 1. The maximum Gasteiger partial charge on any atom is 0.270 e. The fourth-order valence-electron chi connectivity index (χ4n) is 6.12. The van der Waals surface area contributed by atoms with Crippen LogP contribution in [-0.4, -0.2) is 58.7 Å². The summed E-state index contributed by atoms with van der Waals surface area (Å²) in [5, 5.41) is 9.93. The average molecular weight is 611 g/mol. The smallest absolute Gasteiger partial charge is 0.270 e. The Labute approximate surface area is 250 Å². The van der Waals surface area contributed by atoms with Crippen LogP contribution in [-0.2, 0) is 27.6 Å². The molecule has 0 saturated carbocycles. The predicted octanol–water partition coefficient (Wildman–Crippen LogP) is 4.29. The van der Waals surface area contributed by atoms with Crippen molar-refractivity contribution in [2.75, 3.05) is 29.5 Å². The highest BCUT2D eigenvalue weighted by Crippen LogP contribution is 2.39. The van der Waals surface area contributed by atoms with Crippen LogP contribution in [0.1, 0.15) is 54.9 Å². The third-order valence-corrected chi connectivity index (χ3v) is 11.3. The van der Waals surface area contributed by atoms with Gasteiger partial charge in [0.2, 0.25) is 0 Å². The van der Waals surface area contributed by atoms with E-state index in [1.807, 2.05) is 13.0 Å². The van der Waals surface area contributed by atoms with Gasteiger partial charge in [0.15, 0.2) is 9.84 Å². The van der Waals surface area contributed by atoms with Crippen molar-refractivity contribution in [3.05, 3.63) is 67.8 Å². The zero-order valence-electron chi connectivity index (χ0n) is 23.3. The van der Waals surface area contributed by atoms with Gasteiger partial charge in [-0.2, -0.15) is 5.26 Å². The first-order valence-electron chi connectivity index (χ1n) is 14.1. The van der Waals surface area contributed by atoms with Crippen LogP contribution in [0.3, 0.4) is 0 Å². The largest absolute Gasteiger partial charge is 0.357 e. The van der Waals surface area contributed by atoms with Gasteiger partial charge < -0.3 is 4.90 Å². The minimum atomic E-state index is -3.20. The van der Waals surface area contributed by atoms with Crippen LogP contribution in [0.5, 0.6) is 0 Å². The molecule has 0 aliphatic carbocycles. The van der Waals surface area contributed by atoms with Gasteiger partial charge in [-0.15, -0.1) is 0 Å². The maximum atomic E-state index is 13.6. The maximum absolute atomic E-state index is 13.6. The highest BCUT2D eigenvalue weighted by molar-refractivity contribution is 8.26. The van der Waals surface area contributed by atoms with E-state index in [-0.39, 0.29) is 28.5 Å². The van der Waals surface area contributed by atoms with Gasteiger partial charge in [0, 0.05) is 25.2 Å². The van der Waals surface area contributed by atoms with Crippen LogP contribution in [0.15, 0.2) is 40.0 Å². The molecule has 0 spiro atoms. The molecule has 0 radical (unpaired) electrons. The molecule has 8 nitrogen and oxygen atoms in total. The van der Waals surface area contributed by atoms with E-state index >= 15 is 0 Å². The lowest BCUT2D eigenvalue weighted by Gasteiger charge is -2.36. The van der Waals surface area contributed by atoms with E-state index in [9.17, 15) is 23.3 Å². The standard InChI is InChI=1S/C30H34N4O4S3/c1-3-12-33-27(32-13-9-22(10-14-32)16-21-7-5-4-6-8-21)24(20(2)25(18-31)28(33)35)17-26-29(36)34(30(39)40-26)23-11-15-41(37,38)19-23/h4-8,17,22-23H,3,9-16,19H2,1-2H3/b26-17-. The lowest BCUT2D eigenvalue weighted by molar-refractivity contribution is -0.123. The molecule has 1 atom stereocenters. The number of carbonyl (C=O) groups is 1. The zero-order valence-corrected chi connectivity index (χ0v) is 25.8. The first-order chi connectivity index (χ1) is 19.6. The fourth-order valence-corrected chi connectivity index (χ4v) is 9.20. The van der Waals surface area contributed by atoms with E-state index in [2.05, 4.69) is 35.2 Å². The molecule has 3 aliphatic rings. The van der Waals surface area contributed by atoms with E-state index in [4.69, 9.17) is 12.2 Å². The molecule has 41 heavy (non-hydrogen) atoms. The van der Waals surface area contributed by atoms with Gasteiger partial charge in [-0.25, -0.2) is 8.42 Å². The van der Waals surface area contributed by atoms with Crippen LogP contribution >= 0.6 is 24.0 Å². The van der Waals surface area contributed by atoms with Crippen molar-refractivity contribution in [2.24, 2.45) is 5.92 Å². The van der Waals surface area contributed by atoms with Crippen LogP contribution in [0, 0.1) is 24.2 Å². The molecule has 3 aliphatic heterocycles. The normalized spacial score (nSPS) is 22.1. The van der Waals surface area contributed by atoms with Gasteiger partial charge in [-0.3, -0.25) is 19.1 Å². The van der Waals surface area contributed by atoms with Gasteiger partial charge in [0.25, 0.3) is 11.5 Å². The molecule has 216 valence electrons. The first-order valence-corrected chi connectivity index (χ1v) is 17.1. The van der Waals surface area contributed by atoms with Gasteiger partial charge in [0.1, 0.15) is 21.8 Å². The van der Waals surface area contributed by atoms with Crippen molar-refractivity contribution >= 4 is 55.9 Å². The summed E-state index contributed by atoms with van der Waals surface area (Å²) in [5.41, 5.74) is 2.30. The molecule has 2 aromatic rings. The summed E-state index contributed by atoms with van der Waals surface area (Å²) in [4.78, 5) is 31.1. The number of benzene rings is 1. The van der Waals surface area contributed by atoms with Crippen LogP contribution in [0.4, 0.5) is 5.82 Å². The lowest BCUT2D eigenvalue weighted by atomic mass is 9.90. The van der Waals surface area contributed by atoms with Crippen LogP contribution < -0.4 is 10.5 Å². The second-order valence-corrected chi connectivity index (χ2v) is 14.9. The highest BCUT2D eigenvalue weighted by Gasteiger charge is 2.42. The third kappa shape index (κ3) is 6.01. The molecule has 11 heteroatoms. The molecule has 0 bridgehead atoms. The van der Waals surface area contributed by atoms with Crippen molar-refractivity contribution in [3.8, 4) is 6.07 Å². The Bertz CT molecular complexity index is 1600. The summed E-state index contributed by atoms with van der Waals surface area (Å²) < 4.78 is 26.2. The van der Waals surface area contributed by atoms with E-state index in [1.54, 1.807) is 17.6 Å². The Morgan fingerprint density at radius 2 is 1.85 bits per heavy atom. The van der Waals surface area contributed by atoms with Crippen molar-refractivity contribution in [1.29, 1.82) is 5.26 Å². The van der Waals surface area contributed by atoms with Crippen LogP contribution in [0.2, 0.25) is 0 Å². The molecule has 1 aromatic carbocycles. The number of thiocarbonyl (C=S) groups is 1. The average Bonchev–Trinajstić information content (AvgIpc) is 3.44. The summed E-state index contributed by atoms with van der Waals surface area (Å²) in [6.07, 6.45) is 5.77. The predicted molar refractivity (Wildman–Crippen MR) is 168 cm³/mol. The topological polar surface area (TPSA) is 103 Å². The molecule has 1 aromatic heterocycles. The Hall–Kier alpha value is -2.94. The zero-order chi connectivity index (χ0) is 29.3. The molecule has 4 heterocycles. The SMILES string of the molecule is CCCn1c(N2CCC(Cc3ccccc3)CC2)c(/C=C2\SC(=S)N(C3CCS(=O)(=O)C3)C2=O)c(C)c(C#N)c1=O. The number of anilines is 1. The molecule has 3 saturated heterocycles. The second-order valence-electron chi connectivity index (χ2n) is 11.0. The molecule has 1 amide bonds. The fraction of sp³-hybridized carbons (Fsp3) is 0.467.